The van der Waals surface area contributed by atoms with E-state index in [2.05, 4.69) is 21.5 Å². The summed E-state index contributed by atoms with van der Waals surface area (Å²) in [6.45, 7) is 9.05. The van der Waals surface area contributed by atoms with Crippen LogP contribution < -0.4 is 21.5 Å². The van der Waals surface area contributed by atoms with E-state index in [9.17, 15) is 19.2 Å². The van der Waals surface area contributed by atoms with E-state index in [4.69, 9.17) is 0 Å². The molecule has 1 aromatic carbocycles. The summed E-state index contributed by atoms with van der Waals surface area (Å²) >= 11 is 0. The van der Waals surface area contributed by atoms with Gasteiger partial charge in [0.2, 0.25) is 0 Å². The van der Waals surface area contributed by atoms with Gasteiger partial charge in [-0.2, -0.15) is 0 Å². The number of benzene rings is 1. The van der Waals surface area contributed by atoms with Crippen LogP contribution in [-0.2, 0) is 14.4 Å². The first-order valence-electron chi connectivity index (χ1n) is 8.89. The van der Waals surface area contributed by atoms with Gasteiger partial charge in [0.15, 0.2) is 0 Å². The summed E-state index contributed by atoms with van der Waals surface area (Å²) in [5.41, 5.74) is 5.52. The van der Waals surface area contributed by atoms with Gasteiger partial charge in [0.25, 0.3) is 11.8 Å². The van der Waals surface area contributed by atoms with Gasteiger partial charge in [-0.05, 0) is 44.7 Å². The van der Waals surface area contributed by atoms with Gasteiger partial charge in [-0.15, -0.1) is 0 Å². The average molecular weight is 376 g/mol. The fraction of sp³-hybridized carbons (Fsp3) is 0.474. The van der Waals surface area contributed by atoms with Gasteiger partial charge in [-0.1, -0.05) is 32.0 Å². The second kappa shape index (κ2) is 10.3. The molecule has 1 aromatic rings. The Morgan fingerprint density at radius 2 is 1.52 bits per heavy atom. The van der Waals surface area contributed by atoms with Crippen LogP contribution in [0.2, 0.25) is 0 Å². The van der Waals surface area contributed by atoms with Crippen molar-refractivity contribution in [1.82, 2.24) is 21.5 Å². The third-order valence-corrected chi connectivity index (χ3v) is 3.64. The first-order valence-corrected chi connectivity index (χ1v) is 8.89. The number of amides is 4. The molecule has 0 fully saturated rings. The van der Waals surface area contributed by atoms with Gasteiger partial charge >= 0.3 is 11.8 Å². The molecule has 0 aliphatic carbocycles. The van der Waals surface area contributed by atoms with E-state index in [0.717, 1.165) is 5.56 Å². The molecular weight excluding hydrogens is 348 g/mol. The molecule has 0 bridgehead atoms. The number of nitrogens with one attached hydrogen (secondary N) is 4. The van der Waals surface area contributed by atoms with E-state index < -0.39 is 23.8 Å². The summed E-state index contributed by atoms with van der Waals surface area (Å²) in [6, 6.07) is 5.98. The molecule has 4 amide bonds. The van der Waals surface area contributed by atoms with Crippen LogP contribution in [0.25, 0.3) is 0 Å². The Morgan fingerprint density at radius 3 is 2.07 bits per heavy atom. The Hall–Kier alpha value is -2.90. The van der Waals surface area contributed by atoms with Gasteiger partial charge in [-0.3, -0.25) is 30.0 Å². The Morgan fingerprint density at radius 1 is 0.889 bits per heavy atom. The molecule has 0 unspecified atom stereocenters. The third kappa shape index (κ3) is 7.47. The van der Waals surface area contributed by atoms with Crippen LogP contribution in [-0.4, -0.2) is 35.7 Å². The topological polar surface area (TPSA) is 116 Å². The zero-order valence-electron chi connectivity index (χ0n) is 16.4. The lowest BCUT2D eigenvalue weighted by molar-refractivity contribution is -0.141. The molecule has 0 spiro atoms. The summed E-state index contributed by atoms with van der Waals surface area (Å²) in [5, 5.41) is 5.10. The lowest BCUT2D eigenvalue weighted by Gasteiger charge is -2.21. The molecule has 0 heterocycles. The van der Waals surface area contributed by atoms with Crippen LogP contribution in [0.15, 0.2) is 24.3 Å². The van der Waals surface area contributed by atoms with Gasteiger partial charge in [0.05, 0.1) is 0 Å². The zero-order valence-corrected chi connectivity index (χ0v) is 16.4. The van der Waals surface area contributed by atoms with Crippen LogP contribution in [0.5, 0.6) is 0 Å². The zero-order chi connectivity index (χ0) is 20.6. The molecule has 0 saturated heterocycles. The largest absolute Gasteiger partial charge is 0.346 e. The third-order valence-electron chi connectivity index (χ3n) is 3.64. The molecule has 27 heavy (non-hydrogen) atoms. The van der Waals surface area contributed by atoms with Crippen molar-refractivity contribution in [3.8, 4) is 0 Å². The molecule has 0 aliphatic rings. The number of hydrazine groups is 1. The highest BCUT2D eigenvalue weighted by Gasteiger charge is 2.24. The second-order valence-electron chi connectivity index (χ2n) is 7.04. The van der Waals surface area contributed by atoms with Crippen LogP contribution in [0, 0.1) is 12.8 Å². The lowest BCUT2D eigenvalue weighted by Crippen LogP contribution is -2.55. The minimum atomic E-state index is -0.981. The molecular formula is C19H28N4O4. The van der Waals surface area contributed by atoms with E-state index in [-0.39, 0.29) is 17.9 Å². The number of carbonyl (C=O) groups is 4. The van der Waals surface area contributed by atoms with Crippen LogP contribution in [0.3, 0.4) is 0 Å². The molecule has 8 nitrogen and oxygen atoms in total. The van der Waals surface area contributed by atoms with Gasteiger partial charge in [0.1, 0.15) is 6.04 Å². The Balaban J connectivity index is 2.74. The summed E-state index contributed by atoms with van der Waals surface area (Å²) in [6.07, 6.45) is 0.373. The maximum absolute atomic E-state index is 12.5. The molecule has 0 radical (unpaired) electrons. The maximum Gasteiger partial charge on any atom is 0.327 e. The van der Waals surface area contributed by atoms with Crippen molar-refractivity contribution in [1.29, 1.82) is 0 Å². The minimum Gasteiger partial charge on any atom is -0.346 e. The molecule has 0 aliphatic heterocycles. The number of carbonyl (C=O) groups excluding carboxylic acids is 4. The molecule has 0 saturated carbocycles. The van der Waals surface area contributed by atoms with Crippen LogP contribution in [0.4, 0.5) is 0 Å². The van der Waals surface area contributed by atoms with E-state index in [1.165, 1.54) is 0 Å². The first kappa shape index (κ1) is 22.1. The standard InChI is InChI=1S/C19H28N4O4/c1-11(2)10-15(21-16(24)14-9-7-6-8-13(14)5)17(25)22-23-19(27)18(26)20-12(3)4/h6-9,11-12,15H,10H2,1-5H3,(H,20,26)(H,21,24)(H,22,25)(H,23,27)/t15-/m0/s1. The Kier molecular flexibility index (Phi) is 8.44. The summed E-state index contributed by atoms with van der Waals surface area (Å²) in [4.78, 5) is 48.2. The number of rotatable bonds is 6. The van der Waals surface area contributed by atoms with Gasteiger partial charge in [-0.25, -0.2) is 0 Å². The van der Waals surface area contributed by atoms with Crippen LogP contribution >= 0.6 is 0 Å². The second-order valence-corrected chi connectivity index (χ2v) is 7.04. The number of aryl methyl sites for hydroxylation is 1. The minimum absolute atomic E-state index is 0.123. The van der Waals surface area contributed by atoms with Crippen molar-refractivity contribution in [2.75, 3.05) is 0 Å². The first-order chi connectivity index (χ1) is 12.6. The predicted molar refractivity (Wildman–Crippen MR) is 101 cm³/mol. The smallest absolute Gasteiger partial charge is 0.327 e. The average Bonchev–Trinajstić information content (AvgIpc) is 2.57. The Bertz CT molecular complexity index is 701. The van der Waals surface area contributed by atoms with Crippen molar-refractivity contribution >= 4 is 23.6 Å². The van der Waals surface area contributed by atoms with Crippen molar-refractivity contribution in [2.45, 2.75) is 53.1 Å². The molecule has 4 N–H and O–H groups in total. The number of hydrogen-bond donors (Lipinski definition) is 4. The monoisotopic (exact) mass is 376 g/mol. The molecule has 148 valence electrons. The highest BCUT2D eigenvalue weighted by Crippen LogP contribution is 2.10. The highest BCUT2D eigenvalue weighted by molar-refractivity contribution is 6.35. The fourth-order valence-electron chi connectivity index (χ4n) is 2.36. The number of hydrogen-bond acceptors (Lipinski definition) is 4. The highest BCUT2D eigenvalue weighted by atomic mass is 16.2. The van der Waals surface area contributed by atoms with Crippen molar-refractivity contribution in [2.24, 2.45) is 5.92 Å². The Labute approximate surface area is 159 Å². The normalized spacial score (nSPS) is 11.7. The molecule has 8 heteroatoms. The maximum atomic E-state index is 12.5. The molecule has 1 rings (SSSR count). The SMILES string of the molecule is Cc1ccccc1C(=O)N[C@@H](CC(C)C)C(=O)NNC(=O)C(=O)NC(C)C. The van der Waals surface area contributed by atoms with Gasteiger partial charge in [0, 0.05) is 11.6 Å². The van der Waals surface area contributed by atoms with Crippen molar-refractivity contribution < 1.29 is 19.2 Å². The quantitative estimate of drug-likeness (QED) is 0.434. The predicted octanol–water partition coefficient (Wildman–Crippen LogP) is 0.812. The summed E-state index contributed by atoms with van der Waals surface area (Å²) in [7, 11) is 0. The van der Waals surface area contributed by atoms with Crippen molar-refractivity contribution in [3.05, 3.63) is 35.4 Å². The fourth-order valence-corrected chi connectivity index (χ4v) is 2.36. The molecule has 0 aromatic heterocycles. The van der Waals surface area contributed by atoms with Crippen LogP contribution in [0.1, 0.15) is 50.0 Å². The van der Waals surface area contributed by atoms with Gasteiger partial charge < -0.3 is 10.6 Å². The van der Waals surface area contributed by atoms with E-state index >= 15 is 0 Å². The molecule has 1 atom stereocenters. The summed E-state index contributed by atoms with van der Waals surface area (Å²) in [5.74, 6) is -2.69. The van der Waals surface area contributed by atoms with E-state index in [1.54, 1.807) is 39.0 Å². The summed E-state index contributed by atoms with van der Waals surface area (Å²) < 4.78 is 0. The van der Waals surface area contributed by atoms with E-state index in [1.807, 2.05) is 19.9 Å². The van der Waals surface area contributed by atoms with Crippen molar-refractivity contribution in [3.63, 3.8) is 0 Å². The lowest BCUT2D eigenvalue weighted by atomic mass is 10.0. The van der Waals surface area contributed by atoms with E-state index in [0.29, 0.717) is 12.0 Å².